The van der Waals surface area contributed by atoms with Crippen molar-refractivity contribution in [2.24, 2.45) is 39.9 Å². The van der Waals surface area contributed by atoms with E-state index in [0.29, 0.717) is 18.8 Å². The molecule has 3 saturated carbocycles. The number of carbonyl (C=O) groups is 3. The van der Waals surface area contributed by atoms with Gasteiger partial charge < -0.3 is 20.1 Å². The van der Waals surface area contributed by atoms with Gasteiger partial charge in [-0.15, -0.1) is 6.58 Å². The van der Waals surface area contributed by atoms with Gasteiger partial charge in [0.15, 0.2) is 0 Å². The van der Waals surface area contributed by atoms with Gasteiger partial charge in [-0.1, -0.05) is 33.8 Å². The number of aliphatic hydroxyl groups is 1. The van der Waals surface area contributed by atoms with Crippen molar-refractivity contribution in [1.29, 1.82) is 0 Å². The van der Waals surface area contributed by atoms with Gasteiger partial charge in [0.25, 0.3) is 0 Å². The topological polar surface area (TPSA) is 95.9 Å². The van der Waals surface area contributed by atoms with Crippen LogP contribution in [0.25, 0.3) is 0 Å². The first-order chi connectivity index (χ1) is 17.4. The first kappa shape index (κ1) is 26.9. The van der Waals surface area contributed by atoms with Crippen molar-refractivity contribution in [3.05, 3.63) is 12.7 Å². The van der Waals surface area contributed by atoms with E-state index in [1.165, 1.54) is 0 Å². The Labute approximate surface area is 221 Å². The number of hydrogen-bond acceptors (Lipinski definition) is 6. The van der Waals surface area contributed by atoms with Gasteiger partial charge in [0.1, 0.15) is 18.3 Å². The summed E-state index contributed by atoms with van der Waals surface area (Å²) in [4.78, 5) is 42.0. The summed E-state index contributed by atoms with van der Waals surface area (Å²) in [5, 5.41) is 14.7. The minimum Gasteiger partial charge on any atom is -0.461 e. The standard InChI is InChI=1S/C30H46N2O5/c1-6-28(4)16-23(37-25(35)15-24(34)31-21-17-32-13-9-20(21)10-14-32)29(5)18(2)7-11-30(19(3)27(28)36)12-8-22(33)26(29)30/h6,18-21,23,26-27,36H,1,7-17H2,2-5H3,(H,31,34)/t18?,19-,21?,23+,26?,27-,28+,29-,30-/m0/s1. The van der Waals surface area contributed by atoms with Crippen molar-refractivity contribution in [3.8, 4) is 0 Å². The molecular weight excluding hydrogens is 468 g/mol. The lowest BCUT2D eigenvalue weighted by Crippen LogP contribution is -2.63. The number of ether oxygens (including phenoxy) is 1. The SMILES string of the molecule is C=C[C@]1(C)C[C@@H](OC(=O)CC(=O)NC2CN3CCC2CC3)[C@]2(C)C(C)CC[C@]3(CCC(=O)C32)[C@@H](C)[C@@H]1O. The fourth-order valence-corrected chi connectivity index (χ4v) is 9.22. The highest BCUT2D eigenvalue weighted by molar-refractivity contribution is 5.94. The summed E-state index contributed by atoms with van der Waals surface area (Å²) >= 11 is 0. The molecule has 6 fully saturated rings. The van der Waals surface area contributed by atoms with Crippen molar-refractivity contribution in [1.82, 2.24) is 10.2 Å². The molecule has 3 aliphatic heterocycles. The number of Topliss-reactive ketones (excluding diaryl/α,β-unsaturated/α-hetero) is 1. The molecule has 6 aliphatic rings. The average molecular weight is 515 g/mol. The lowest BCUT2D eigenvalue weighted by atomic mass is 9.44. The molecule has 7 heteroatoms. The zero-order valence-electron chi connectivity index (χ0n) is 23.1. The lowest BCUT2D eigenvalue weighted by molar-refractivity contribution is -0.206. The number of rotatable bonds is 5. The molecule has 0 aromatic rings. The highest BCUT2D eigenvalue weighted by Crippen LogP contribution is 2.68. The van der Waals surface area contributed by atoms with Crippen molar-refractivity contribution >= 4 is 17.7 Å². The monoisotopic (exact) mass is 514 g/mol. The molecule has 6 rings (SSSR count). The van der Waals surface area contributed by atoms with Crippen LogP contribution in [-0.4, -0.2) is 65.6 Å². The van der Waals surface area contributed by atoms with Crippen LogP contribution in [0.1, 0.15) is 79.1 Å². The zero-order valence-corrected chi connectivity index (χ0v) is 23.1. The van der Waals surface area contributed by atoms with E-state index in [0.717, 1.165) is 51.7 Å². The van der Waals surface area contributed by atoms with Crippen LogP contribution in [0.2, 0.25) is 0 Å². The maximum atomic E-state index is 13.5. The summed E-state index contributed by atoms with van der Waals surface area (Å²) in [7, 11) is 0. The molecule has 0 spiro atoms. The molecule has 3 unspecified atom stereocenters. The Morgan fingerprint density at radius 2 is 1.89 bits per heavy atom. The number of ketones is 1. The third-order valence-electron chi connectivity index (χ3n) is 11.9. The predicted octanol–water partition coefficient (Wildman–Crippen LogP) is 3.49. The van der Waals surface area contributed by atoms with Gasteiger partial charge in [0, 0.05) is 35.8 Å². The first-order valence-corrected chi connectivity index (χ1v) is 14.5. The molecule has 3 saturated heterocycles. The Kier molecular flexibility index (Phi) is 6.88. The molecule has 9 atom stereocenters. The van der Waals surface area contributed by atoms with Gasteiger partial charge in [-0.2, -0.15) is 0 Å². The number of aliphatic hydroxyl groups excluding tert-OH is 1. The van der Waals surface area contributed by atoms with Crippen molar-refractivity contribution in [3.63, 3.8) is 0 Å². The normalized spacial score (nSPS) is 48.9. The van der Waals surface area contributed by atoms with Crippen LogP contribution < -0.4 is 5.32 Å². The molecule has 4 bridgehead atoms. The molecule has 1 amide bonds. The van der Waals surface area contributed by atoms with E-state index in [4.69, 9.17) is 4.74 Å². The number of piperidine rings is 3. The minimum absolute atomic E-state index is 0.0669. The van der Waals surface area contributed by atoms with Crippen LogP contribution in [0.3, 0.4) is 0 Å². The number of amides is 1. The van der Waals surface area contributed by atoms with Crippen molar-refractivity contribution in [2.45, 2.75) is 97.3 Å². The molecule has 0 radical (unpaired) electrons. The van der Waals surface area contributed by atoms with E-state index < -0.39 is 29.0 Å². The second-order valence-electron chi connectivity index (χ2n) is 13.6. The Bertz CT molecular complexity index is 960. The number of esters is 1. The molecule has 206 valence electrons. The van der Waals surface area contributed by atoms with E-state index in [2.05, 4.69) is 37.6 Å². The fourth-order valence-electron chi connectivity index (χ4n) is 9.22. The second-order valence-corrected chi connectivity index (χ2v) is 13.6. The first-order valence-electron chi connectivity index (χ1n) is 14.5. The largest absolute Gasteiger partial charge is 0.461 e. The maximum Gasteiger partial charge on any atom is 0.315 e. The summed E-state index contributed by atoms with van der Waals surface area (Å²) in [6.07, 6.45) is 5.86. The Morgan fingerprint density at radius 1 is 1.19 bits per heavy atom. The Hall–Kier alpha value is -1.73. The number of carbonyl (C=O) groups excluding carboxylic acids is 3. The maximum absolute atomic E-state index is 13.5. The van der Waals surface area contributed by atoms with Gasteiger partial charge in [-0.05, 0) is 74.8 Å². The summed E-state index contributed by atoms with van der Waals surface area (Å²) in [5.74, 6) is -0.282. The van der Waals surface area contributed by atoms with Crippen molar-refractivity contribution < 1.29 is 24.2 Å². The van der Waals surface area contributed by atoms with E-state index in [-0.39, 0.29) is 47.3 Å². The summed E-state index contributed by atoms with van der Waals surface area (Å²) < 4.78 is 6.22. The molecule has 3 heterocycles. The van der Waals surface area contributed by atoms with Crippen LogP contribution in [0.5, 0.6) is 0 Å². The number of nitrogens with one attached hydrogen (secondary N) is 1. The molecular formula is C30H46N2O5. The summed E-state index contributed by atoms with van der Waals surface area (Å²) in [5.41, 5.74) is -1.54. The second kappa shape index (κ2) is 9.48. The van der Waals surface area contributed by atoms with Crippen LogP contribution in [0.15, 0.2) is 12.7 Å². The van der Waals surface area contributed by atoms with Crippen LogP contribution >= 0.6 is 0 Å². The van der Waals surface area contributed by atoms with Gasteiger partial charge in [0.2, 0.25) is 5.91 Å². The average Bonchev–Trinajstić information content (AvgIpc) is 3.23. The number of hydrogen-bond donors (Lipinski definition) is 2. The molecule has 0 aromatic heterocycles. The Balaban J connectivity index is 1.39. The third-order valence-corrected chi connectivity index (χ3v) is 11.9. The highest BCUT2D eigenvalue weighted by atomic mass is 16.5. The Morgan fingerprint density at radius 3 is 2.51 bits per heavy atom. The quantitative estimate of drug-likeness (QED) is 0.331. The molecule has 0 aromatic carbocycles. The van der Waals surface area contributed by atoms with Gasteiger partial charge in [-0.25, -0.2) is 0 Å². The molecule has 3 aliphatic carbocycles. The third kappa shape index (κ3) is 4.19. The molecule has 37 heavy (non-hydrogen) atoms. The van der Waals surface area contributed by atoms with Gasteiger partial charge >= 0.3 is 5.97 Å². The fraction of sp³-hybridized carbons (Fsp3) is 0.833. The van der Waals surface area contributed by atoms with E-state index >= 15 is 0 Å². The van der Waals surface area contributed by atoms with Crippen LogP contribution in [0.4, 0.5) is 0 Å². The van der Waals surface area contributed by atoms with Crippen molar-refractivity contribution in [2.75, 3.05) is 19.6 Å². The predicted molar refractivity (Wildman–Crippen MR) is 140 cm³/mol. The lowest BCUT2D eigenvalue weighted by Gasteiger charge is -2.61. The highest BCUT2D eigenvalue weighted by Gasteiger charge is 2.68. The number of fused-ring (bicyclic) bond motifs is 3. The van der Waals surface area contributed by atoms with E-state index in [1.807, 2.05) is 6.92 Å². The van der Waals surface area contributed by atoms with Gasteiger partial charge in [-0.3, -0.25) is 14.4 Å². The molecule has 2 N–H and O–H groups in total. The van der Waals surface area contributed by atoms with E-state index in [9.17, 15) is 19.5 Å². The summed E-state index contributed by atoms with van der Waals surface area (Å²) in [6.45, 7) is 15.5. The van der Waals surface area contributed by atoms with E-state index in [1.54, 1.807) is 6.08 Å². The van der Waals surface area contributed by atoms with Crippen LogP contribution in [0, 0.1) is 39.9 Å². The zero-order chi connectivity index (χ0) is 26.8. The number of nitrogens with zero attached hydrogens (tertiary/aromatic N) is 1. The molecule has 7 nitrogen and oxygen atoms in total. The summed E-state index contributed by atoms with van der Waals surface area (Å²) in [6, 6.07) is 0.0949. The smallest absolute Gasteiger partial charge is 0.315 e. The van der Waals surface area contributed by atoms with Crippen LogP contribution in [-0.2, 0) is 19.1 Å². The minimum atomic E-state index is -0.697. The van der Waals surface area contributed by atoms with Gasteiger partial charge in [0.05, 0.1) is 6.10 Å².